The van der Waals surface area contributed by atoms with E-state index in [1.54, 1.807) is 0 Å². The molecule has 1 saturated heterocycles. The highest BCUT2D eigenvalue weighted by atomic mass is 31.3. The normalized spacial score (nSPS) is 20.8. The van der Waals surface area contributed by atoms with Crippen molar-refractivity contribution in [1.29, 1.82) is 0 Å². The van der Waals surface area contributed by atoms with Crippen LogP contribution in [0.5, 0.6) is 0 Å². The van der Waals surface area contributed by atoms with E-state index in [1.807, 2.05) is 10.2 Å². The molecule has 254 valence electrons. The van der Waals surface area contributed by atoms with Crippen LogP contribution in [0.15, 0.2) is 22.2 Å². The fourth-order valence-corrected chi connectivity index (χ4v) is 6.67. The molecule has 1 fully saturated rings. The van der Waals surface area contributed by atoms with Crippen LogP contribution in [0.1, 0.15) is 23.0 Å². The minimum absolute atomic E-state index is 0.105. The maximum Gasteiger partial charge on any atom is 0.490 e. The van der Waals surface area contributed by atoms with Gasteiger partial charge in [0.05, 0.1) is 12.7 Å². The number of carbonyl (C=O) groups is 1. The van der Waals surface area contributed by atoms with E-state index in [9.17, 15) is 50.8 Å². The number of ether oxygens (including phenoxy) is 1. The number of hydrogen-bond donors (Lipinski definition) is 7. The van der Waals surface area contributed by atoms with Crippen LogP contribution in [0.25, 0.3) is 10.4 Å². The monoisotopic (exact) mass is 727 g/mol. The van der Waals surface area contributed by atoms with Crippen LogP contribution in [0.2, 0.25) is 0 Å². The molecule has 0 radical (unpaired) electrons. The van der Waals surface area contributed by atoms with Crippen molar-refractivity contribution >= 4 is 40.9 Å². The lowest BCUT2D eigenvalue weighted by Crippen LogP contribution is -2.32. The van der Waals surface area contributed by atoms with Gasteiger partial charge in [0.15, 0.2) is 23.3 Å². The van der Waals surface area contributed by atoms with Crippen LogP contribution < -0.4 is 16.3 Å². The van der Waals surface area contributed by atoms with E-state index in [1.165, 1.54) is 6.07 Å². The number of nitrogens with one attached hydrogen (secondary N) is 2. The van der Waals surface area contributed by atoms with Gasteiger partial charge in [-0.25, -0.2) is 36.1 Å². The molecule has 1 aromatic heterocycles. The number of azide groups is 1. The molecule has 1 amide bonds. The number of rotatable bonds is 14. The van der Waals surface area contributed by atoms with Crippen molar-refractivity contribution in [2.45, 2.75) is 24.9 Å². The molecule has 21 nitrogen and oxygen atoms in total. The zero-order valence-electron chi connectivity index (χ0n) is 22.2. The lowest BCUT2D eigenvalue weighted by molar-refractivity contribution is -0.0449. The molecule has 5 unspecified atom stereocenters. The number of benzene rings is 1. The van der Waals surface area contributed by atoms with Crippen LogP contribution in [0.4, 0.5) is 29.1 Å². The Morgan fingerprint density at radius 1 is 1.09 bits per heavy atom. The molecule has 28 heteroatoms. The first-order chi connectivity index (χ1) is 21.2. The van der Waals surface area contributed by atoms with Crippen molar-refractivity contribution in [2.75, 3.05) is 25.0 Å². The summed E-state index contributed by atoms with van der Waals surface area (Å²) >= 11 is 0. The van der Waals surface area contributed by atoms with E-state index in [0.29, 0.717) is 0 Å². The number of aliphatic hydroxyl groups excluding tert-OH is 1. The number of nitrogens with zero attached hydrogens (tertiary/aromatic N) is 5. The number of anilines is 1. The lowest BCUT2D eigenvalue weighted by Gasteiger charge is -2.19. The molecule has 1 aromatic carbocycles. The summed E-state index contributed by atoms with van der Waals surface area (Å²) in [7, 11) is -16.9. The van der Waals surface area contributed by atoms with E-state index < -0.39 is 101 Å². The number of aliphatic hydroxyl groups is 1. The van der Waals surface area contributed by atoms with Gasteiger partial charge in [0.2, 0.25) is 0 Å². The van der Waals surface area contributed by atoms with Gasteiger partial charge in [-0.15, -0.1) is 0 Å². The summed E-state index contributed by atoms with van der Waals surface area (Å²) in [5.74, 6) is -10.1. The highest BCUT2D eigenvalue weighted by Crippen LogP contribution is 2.66. The molecule has 1 aliphatic rings. The molecule has 2 heterocycles. The Bertz CT molecular complexity index is 1730. The van der Waals surface area contributed by atoms with Crippen molar-refractivity contribution in [1.82, 2.24) is 14.9 Å². The summed E-state index contributed by atoms with van der Waals surface area (Å²) in [6, 6.07) is 1.21. The SMILES string of the molecule is [N-]=[N+]=Nc1c(F)c(F)c(C(=O)NCCNc2ccn(C3CC(O)C(COP(=O)(O)OP(=O)(O)OP(=O)(O)O)O3)c(=O)n2)c(F)c1F. The molecule has 0 saturated carbocycles. The number of hydrogen-bond acceptors (Lipinski definition) is 13. The molecule has 46 heavy (non-hydrogen) atoms. The van der Waals surface area contributed by atoms with Crippen LogP contribution in [-0.2, 0) is 31.6 Å². The molecule has 0 aliphatic carbocycles. The Hall–Kier alpha value is -3.27. The standard InChI is InChI=1S/C18H20F4N7O14P3/c19-12-11(13(20)15(22)16(14(12)21)27-28-23)17(31)25-3-2-24-9-1-4-29(18(32)26-9)10-5-7(30)8(41-10)6-40-45(36,37)43-46(38,39)42-44(33,34)35/h1,4,7-8,10,30H,2-3,5-6H2,(H,25,31)(H,36,37)(H,38,39)(H,24,26,32)(H2,33,34,35). The van der Waals surface area contributed by atoms with Gasteiger partial charge in [-0.3, -0.25) is 13.9 Å². The van der Waals surface area contributed by atoms with Gasteiger partial charge in [-0.1, -0.05) is 5.11 Å². The molecule has 3 rings (SSSR count). The minimum atomic E-state index is -5.78. The zero-order chi connectivity index (χ0) is 34.6. The number of carbonyl (C=O) groups excluding carboxylic acids is 1. The highest BCUT2D eigenvalue weighted by molar-refractivity contribution is 7.66. The molecule has 0 spiro atoms. The van der Waals surface area contributed by atoms with Gasteiger partial charge >= 0.3 is 29.2 Å². The highest BCUT2D eigenvalue weighted by Gasteiger charge is 2.43. The summed E-state index contributed by atoms with van der Waals surface area (Å²) in [6.45, 7) is -1.65. The second-order valence-corrected chi connectivity index (χ2v) is 13.1. The largest absolute Gasteiger partial charge is 0.490 e. The fraction of sp³-hybridized carbons (Fsp3) is 0.389. The predicted octanol–water partition coefficient (Wildman–Crippen LogP) is 1.58. The summed E-state index contributed by atoms with van der Waals surface area (Å²) in [6.07, 6.45) is -3.29. The number of amides is 1. The first kappa shape index (κ1) is 37.2. The maximum atomic E-state index is 14.1. The third-order valence-corrected chi connectivity index (χ3v) is 9.29. The third-order valence-electron chi connectivity index (χ3n) is 5.49. The summed E-state index contributed by atoms with van der Waals surface area (Å²) in [4.78, 5) is 66.1. The molecule has 0 bridgehead atoms. The van der Waals surface area contributed by atoms with Crippen molar-refractivity contribution in [3.63, 3.8) is 0 Å². The first-order valence-electron chi connectivity index (χ1n) is 11.9. The number of halogens is 4. The van der Waals surface area contributed by atoms with Gasteiger partial charge in [0, 0.05) is 30.6 Å². The maximum absolute atomic E-state index is 14.1. The zero-order valence-corrected chi connectivity index (χ0v) is 24.9. The Kier molecular flexibility index (Phi) is 11.8. The summed E-state index contributed by atoms with van der Waals surface area (Å²) < 4.78 is 108. The minimum Gasteiger partial charge on any atom is -0.390 e. The van der Waals surface area contributed by atoms with Crippen LogP contribution in [-0.4, -0.2) is 72.0 Å². The van der Waals surface area contributed by atoms with Crippen LogP contribution in [0, 0.1) is 23.3 Å². The average Bonchev–Trinajstić information content (AvgIpc) is 3.29. The van der Waals surface area contributed by atoms with Gasteiger partial charge in [-0.05, 0) is 11.6 Å². The lowest BCUT2D eigenvalue weighted by atomic mass is 10.1. The summed E-state index contributed by atoms with van der Waals surface area (Å²) in [5, 5.41) is 17.2. The third kappa shape index (κ3) is 9.62. The van der Waals surface area contributed by atoms with E-state index >= 15 is 0 Å². The Morgan fingerprint density at radius 2 is 1.72 bits per heavy atom. The van der Waals surface area contributed by atoms with E-state index in [4.69, 9.17) is 24.9 Å². The molecule has 2 aromatic rings. The van der Waals surface area contributed by atoms with Gasteiger partial charge in [-0.2, -0.15) is 13.6 Å². The fourth-order valence-electron chi connectivity index (χ4n) is 3.64. The molecular weight excluding hydrogens is 707 g/mol. The Balaban J connectivity index is 1.55. The molecule has 1 aliphatic heterocycles. The number of phosphoric ester groups is 1. The topological polar surface area (TPSA) is 314 Å². The molecule has 7 N–H and O–H groups in total. The van der Waals surface area contributed by atoms with Gasteiger partial charge in [0.1, 0.15) is 29.4 Å². The molecule has 5 atom stereocenters. The Labute approximate surface area is 251 Å². The second kappa shape index (κ2) is 14.7. The van der Waals surface area contributed by atoms with Gasteiger partial charge in [0.25, 0.3) is 5.91 Å². The Morgan fingerprint density at radius 3 is 2.28 bits per heavy atom. The van der Waals surface area contributed by atoms with E-state index in [-0.39, 0.29) is 18.8 Å². The van der Waals surface area contributed by atoms with Crippen LogP contribution in [0.3, 0.4) is 0 Å². The average molecular weight is 727 g/mol. The predicted molar refractivity (Wildman–Crippen MR) is 139 cm³/mol. The summed E-state index contributed by atoms with van der Waals surface area (Å²) in [5.41, 5.74) is 4.06. The van der Waals surface area contributed by atoms with Crippen LogP contribution >= 0.6 is 23.5 Å². The smallest absolute Gasteiger partial charge is 0.390 e. The van der Waals surface area contributed by atoms with E-state index in [0.717, 1.165) is 10.8 Å². The number of phosphoric acid groups is 3. The van der Waals surface area contributed by atoms with Crippen molar-refractivity contribution in [2.24, 2.45) is 5.11 Å². The van der Waals surface area contributed by atoms with Gasteiger partial charge < -0.3 is 40.1 Å². The number of aromatic nitrogens is 2. The second-order valence-electron chi connectivity index (χ2n) is 8.67. The van der Waals surface area contributed by atoms with Crippen molar-refractivity contribution < 1.29 is 78.6 Å². The first-order valence-corrected chi connectivity index (χ1v) is 16.4. The quantitative estimate of drug-likeness (QED) is 0.0276. The van der Waals surface area contributed by atoms with E-state index in [2.05, 4.69) is 28.6 Å². The van der Waals surface area contributed by atoms with Crippen molar-refractivity contribution in [3.8, 4) is 0 Å². The van der Waals surface area contributed by atoms with Crippen molar-refractivity contribution in [3.05, 3.63) is 62.0 Å². The molecular formula is C18H20F4N7O14P3.